The first-order valence-corrected chi connectivity index (χ1v) is 17.6. The van der Waals surface area contributed by atoms with Gasteiger partial charge in [0.05, 0.1) is 30.5 Å². The number of carbonyl (C=O) groups excluding carboxylic acids is 4. The van der Waals surface area contributed by atoms with Gasteiger partial charge in [-0.05, 0) is 38.5 Å². The lowest BCUT2D eigenvalue weighted by Gasteiger charge is -2.49. The van der Waals surface area contributed by atoms with Crippen LogP contribution in [0.5, 0.6) is 0 Å². The Balaban J connectivity index is 2.37. The molecule has 2 saturated heterocycles. The Morgan fingerprint density at radius 2 is 1.39 bits per heavy atom. The first-order chi connectivity index (χ1) is 21.1. The monoisotopic (exact) mass is 622 g/mol. The van der Waals surface area contributed by atoms with Gasteiger partial charge < -0.3 is 31.1 Å². The average molecular weight is 623 g/mol. The molecule has 0 aromatic rings. The van der Waals surface area contributed by atoms with Gasteiger partial charge in [-0.1, -0.05) is 91.9 Å². The lowest BCUT2D eigenvalue weighted by atomic mass is 9.88. The molecule has 0 saturated carbocycles. The van der Waals surface area contributed by atoms with E-state index in [-0.39, 0.29) is 30.6 Å². The SMILES string of the molecule is CCCCCCCC(O)C(C)C(=O)N[C@]1(N(C(=O)[C@H](C)C(O)CCCCCCC)[C@H]2CCCNC(=O)C2)CCCNC(=O)C1. The lowest BCUT2D eigenvalue weighted by Crippen LogP contribution is -2.68. The lowest BCUT2D eigenvalue weighted by molar-refractivity contribution is -0.156. The van der Waals surface area contributed by atoms with E-state index in [2.05, 4.69) is 29.8 Å². The first-order valence-electron chi connectivity index (χ1n) is 17.6. The Kier molecular flexibility index (Phi) is 17.3. The molecule has 2 aliphatic heterocycles. The molecular weight excluding hydrogens is 560 g/mol. The van der Waals surface area contributed by atoms with Crippen LogP contribution in [-0.2, 0) is 19.2 Å². The minimum Gasteiger partial charge on any atom is -0.392 e. The Morgan fingerprint density at radius 1 is 0.841 bits per heavy atom. The molecule has 2 aliphatic rings. The van der Waals surface area contributed by atoms with Crippen molar-refractivity contribution in [1.82, 2.24) is 20.9 Å². The van der Waals surface area contributed by atoms with Crippen LogP contribution >= 0.6 is 0 Å². The Morgan fingerprint density at radius 3 is 2.00 bits per heavy atom. The highest BCUT2D eigenvalue weighted by Gasteiger charge is 2.49. The van der Waals surface area contributed by atoms with Crippen molar-refractivity contribution in [2.45, 2.75) is 167 Å². The van der Waals surface area contributed by atoms with E-state index in [9.17, 15) is 29.4 Å². The second-order valence-electron chi connectivity index (χ2n) is 13.3. The zero-order valence-corrected chi connectivity index (χ0v) is 28.0. The van der Waals surface area contributed by atoms with Gasteiger partial charge in [0.1, 0.15) is 5.66 Å². The maximum Gasteiger partial charge on any atom is 0.230 e. The fourth-order valence-electron chi connectivity index (χ4n) is 6.63. The second-order valence-corrected chi connectivity index (χ2v) is 13.3. The van der Waals surface area contributed by atoms with E-state index in [0.717, 1.165) is 64.2 Å². The predicted octanol–water partition coefficient (Wildman–Crippen LogP) is 4.31. The normalized spacial score (nSPS) is 23.7. The number of aliphatic hydroxyl groups excluding tert-OH is 2. The van der Waals surface area contributed by atoms with Gasteiger partial charge in [0.2, 0.25) is 23.6 Å². The number of amides is 4. The second kappa shape index (κ2) is 20.0. The third-order valence-corrected chi connectivity index (χ3v) is 9.58. The summed E-state index contributed by atoms with van der Waals surface area (Å²) < 4.78 is 0. The molecule has 2 rings (SSSR count). The Labute approximate surface area is 265 Å². The summed E-state index contributed by atoms with van der Waals surface area (Å²) in [5.41, 5.74) is -1.38. The quantitative estimate of drug-likeness (QED) is 0.107. The third-order valence-electron chi connectivity index (χ3n) is 9.58. The standard InChI is InChI=1S/C34H62N4O6/c1-5-7-9-11-13-18-28(39)25(3)32(43)37-34(20-16-22-36-31(42)24-34)38(27-17-15-21-35-30(41)23-27)33(44)26(4)29(40)19-14-12-10-8-6-2/h25-29,39-40H,5-24H2,1-4H3,(H,35,41)(H,36,42)(H,37,43)/t25?,26-,27+,28?,29?,34+/m1/s1. The summed E-state index contributed by atoms with van der Waals surface area (Å²) in [4.78, 5) is 55.8. The van der Waals surface area contributed by atoms with E-state index in [0.29, 0.717) is 51.6 Å². The van der Waals surface area contributed by atoms with Crippen LogP contribution in [0.3, 0.4) is 0 Å². The van der Waals surface area contributed by atoms with Crippen molar-refractivity contribution in [3.05, 3.63) is 0 Å². The molecule has 2 fully saturated rings. The number of aliphatic hydroxyl groups is 2. The van der Waals surface area contributed by atoms with Crippen molar-refractivity contribution in [3.8, 4) is 0 Å². The van der Waals surface area contributed by atoms with Gasteiger partial charge in [0.15, 0.2) is 0 Å². The zero-order chi connectivity index (χ0) is 32.5. The zero-order valence-electron chi connectivity index (χ0n) is 28.0. The number of hydrogen-bond donors (Lipinski definition) is 5. The number of unbranched alkanes of at least 4 members (excludes halogenated alkanes) is 8. The van der Waals surface area contributed by atoms with E-state index in [4.69, 9.17) is 0 Å². The molecule has 0 aromatic heterocycles. The van der Waals surface area contributed by atoms with Crippen LogP contribution in [-0.4, -0.2) is 75.7 Å². The number of nitrogens with one attached hydrogen (secondary N) is 3. The first kappa shape index (κ1) is 38.0. The number of carbonyl (C=O) groups is 4. The minimum atomic E-state index is -1.38. The van der Waals surface area contributed by atoms with Crippen molar-refractivity contribution in [2.75, 3.05) is 13.1 Å². The van der Waals surface area contributed by atoms with Gasteiger partial charge in [-0.2, -0.15) is 0 Å². The van der Waals surface area contributed by atoms with Crippen molar-refractivity contribution in [3.63, 3.8) is 0 Å². The molecule has 0 radical (unpaired) electrons. The molecule has 10 heteroatoms. The van der Waals surface area contributed by atoms with Crippen LogP contribution in [0.4, 0.5) is 0 Å². The molecule has 0 aromatic carbocycles. The minimum absolute atomic E-state index is 0.0563. The maximum absolute atomic E-state index is 14.5. The van der Waals surface area contributed by atoms with Crippen LogP contribution < -0.4 is 16.0 Å². The number of hydrogen-bond acceptors (Lipinski definition) is 6. The van der Waals surface area contributed by atoms with Crippen molar-refractivity contribution >= 4 is 23.6 Å². The summed E-state index contributed by atoms with van der Waals surface area (Å²) in [5, 5.41) is 30.9. The highest BCUT2D eigenvalue weighted by molar-refractivity contribution is 5.87. The summed E-state index contributed by atoms with van der Waals surface area (Å²) in [5.74, 6) is -2.76. The van der Waals surface area contributed by atoms with E-state index >= 15 is 0 Å². The summed E-state index contributed by atoms with van der Waals surface area (Å²) in [7, 11) is 0. The molecule has 0 spiro atoms. The van der Waals surface area contributed by atoms with E-state index < -0.39 is 41.7 Å². The van der Waals surface area contributed by atoms with Crippen molar-refractivity contribution in [2.24, 2.45) is 11.8 Å². The van der Waals surface area contributed by atoms with Gasteiger partial charge in [-0.25, -0.2) is 0 Å². The molecule has 0 bridgehead atoms. The summed E-state index contributed by atoms with van der Waals surface area (Å²) in [6, 6.07) is -0.547. The molecular formula is C34H62N4O6. The number of rotatable bonds is 19. The van der Waals surface area contributed by atoms with E-state index in [1.165, 1.54) is 0 Å². The van der Waals surface area contributed by atoms with Gasteiger partial charge in [-0.3, -0.25) is 19.2 Å². The van der Waals surface area contributed by atoms with Gasteiger partial charge in [0, 0.05) is 25.6 Å². The van der Waals surface area contributed by atoms with Crippen LogP contribution in [0.15, 0.2) is 0 Å². The van der Waals surface area contributed by atoms with Gasteiger partial charge >= 0.3 is 0 Å². The summed E-state index contributed by atoms with van der Waals surface area (Å²) in [6.45, 7) is 8.60. The number of nitrogens with zero attached hydrogens (tertiary/aromatic N) is 1. The highest BCUT2D eigenvalue weighted by atomic mass is 16.3. The van der Waals surface area contributed by atoms with Crippen molar-refractivity contribution in [1.29, 1.82) is 0 Å². The van der Waals surface area contributed by atoms with Crippen LogP contribution in [0.1, 0.15) is 143 Å². The van der Waals surface area contributed by atoms with E-state index in [1.54, 1.807) is 18.7 Å². The molecule has 6 atom stereocenters. The fraction of sp³-hybridized carbons (Fsp3) is 0.882. The molecule has 4 amide bonds. The smallest absolute Gasteiger partial charge is 0.230 e. The van der Waals surface area contributed by atoms with Crippen LogP contribution in [0.2, 0.25) is 0 Å². The van der Waals surface area contributed by atoms with E-state index in [1.807, 2.05) is 0 Å². The molecule has 44 heavy (non-hydrogen) atoms. The summed E-state index contributed by atoms with van der Waals surface area (Å²) in [6.07, 6.45) is 11.5. The van der Waals surface area contributed by atoms with Crippen LogP contribution in [0, 0.1) is 11.8 Å². The van der Waals surface area contributed by atoms with Gasteiger partial charge in [0.25, 0.3) is 0 Å². The van der Waals surface area contributed by atoms with Crippen molar-refractivity contribution < 1.29 is 29.4 Å². The average Bonchev–Trinajstić information content (AvgIpc) is 3.32. The highest BCUT2D eigenvalue weighted by Crippen LogP contribution is 2.34. The molecule has 0 aliphatic carbocycles. The third kappa shape index (κ3) is 12.0. The van der Waals surface area contributed by atoms with Crippen LogP contribution in [0.25, 0.3) is 0 Å². The largest absolute Gasteiger partial charge is 0.392 e. The Hall–Kier alpha value is -2.20. The Bertz CT molecular complexity index is 901. The predicted molar refractivity (Wildman–Crippen MR) is 172 cm³/mol. The molecule has 5 N–H and O–H groups in total. The topological polar surface area (TPSA) is 148 Å². The molecule has 254 valence electrons. The molecule has 2 heterocycles. The fourth-order valence-corrected chi connectivity index (χ4v) is 6.63. The molecule has 10 nitrogen and oxygen atoms in total. The maximum atomic E-state index is 14.5. The molecule has 3 unspecified atom stereocenters. The van der Waals surface area contributed by atoms with Gasteiger partial charge in [-0.15, -0.1) is 0 Å². The summed E-state index contributed by atoms with van der Waals surface area (Å²) >= 11 is 0.